The fourth-order valence-electron chi connectivity index (χ4n) is 1.56. The minimum Gasteiger partial charge on any atom is -0.396 e. The van der Waals surface area contributed by atoms with E-state index < -0.39 is 0 Å². The zero-order chi connectivity index (χ0) is 11.1. The lowest BCUT2D eigenvalue weighted by atomic mass is 9.99. The number of aliphatic hydroxyl groups is 1. The second-order valence-electron chi connectivity index (χ2n) is 3.71. The highest BCUT2D eigenvalue weighted by molar-refractivity contribution is 8.22. The molecule has 0 radical (unpaired) electrons. The van der Waals surface area contributed by atoms with Crippen LogP contribution in [-0.4, -0.2) is 23.2 Å². The first-order valence-electron chi connectivity index (χ1n) is 5.53. The Morgan fingerprint density at radius 1 is 1.47 bits per heavy atom. The van der Waals surface area contributed by atoms with Crippen molar-refractivity contribution in [2.75, 3.05) is 18.1 Å². The predicted octanol–water partition coefficient (Wildman–Crippen LogP) is 3.66. The van der Waals surface area contributed by atoms with E-state index in [-0.39, 0.29) is 6.61 Å². The summed E-state index contributed by atoms with van der Waals surface area (Å²) in [5, 5.41) is 8.99. The van der Waals surface area contributed by atoms with E-state index in [0.717, 1.165) is 6.42 Å². The molecule has 1 heterocycles. The Hall–Kier alpha value is 0.140. The van der Waals surface area contributed by atoms with Gasteiger partial charge in [-0.05, 0) is 42.8 Å². The van der Waals surface area contributed by atoms with Crippen molar-refractivity contribution in [2.45, 2.75) is 26.7 Å². The first kappa shape index (κ1) is 13.2. The first-order chi connectivity index (χ1) is 7.29. The van der Waals surface area contributed by atoms with E-state index in [1.54, 1.807) is 0 Å². The molecule has 1 fully saturated rings. The third-order valence-corrected chi connectivity index (χ3v) is 5.12. The van der Waals surface area contributed by atoms with Crippen molar-refractivity contribution in [3.05, 3.63) is 22.0 Å². The van der Waals surface area contributed by atoms with Gasteiger partial charge in [0, 0.05) is 10.8 Å². The van der Waals surface area contributed by atoms with Crippen molar-refractivity contribution in [1.29, 1.82) is 0 Å². The Kier molecular flexibility index (Phi) is 6.53. The van der Waals surface area contributed by atoms with Gasteiger partial charge in [0.25, 0.3) is 0 Å². The van der Waals surface area contributed by atoms with Crippen LogP contribution in [0, 0.1) is 5.92 Å². The van der Waals surface area contributed by atoms with Crippen LogP contribution in [0.5, 0.6) is 0 Å². The Balaban J connectivity index is 2.78. The minimum absolute atomic E-state index is 0.283. The van der Waals surface area contributed by atoms with Gasteiger partial charge in [0.1, 0.15) is 0 Å². The number of aliphatic hydroxyl groups excluding tert-OH is 1. The average molecular weight is 244 g/mol. The summed E-state index contributed by atoms with van der Waals surface area (Å²) in [6.45, 7) is 4.55. The molecule has 0 aliphatic carbocycles. The molecule has 1 aliphatic heterocycles. The average Bonchev–Trinajstić information content (AvgIpc) is 2.27. The number of rotatable bonds is 4. The van der Waals surface area contributed by atoms with Gasteiger partial charge in [-0.15, -0.1) is 23.5 Å². The molecule has 0 spiro atoms. The zero-order valence-corrected chi connectivity index (χ0v) is 11.2. The second kappa shape index (κ2) is 7.42. The highest BCUT2D eigenvalue weighted by Crippen LogP contribution is 2.40. The van der Waals surface area contributed by atoms with Crippen LogP contribution in [0.1, 0.15) is 26.7 Å². The second-order valence-corrected chi connectivity index (χ2v) is 6.18. The van der Waals surface area contributed by atoms with Crippen LogP contribution in [0.4, 0.5) is 0 Å². The highest BCUT2D eigenvalue weighted by Gasteiger charge is 2.15. The Morgan fingerprint density at radius 2 is 2.13 bits per heavy atom. The third kappa shape index (κ3) is 4.25. The Bertz CT molecular complexity index is 238. The molecule has 1 saturated heterocycles. The van der Waals surface area contributed by atoms with Crippen LogP contribution in [-0.2, 0) is 0 Å². The molecule has 0 amide bonds. The van der Waals surface area contributed by atoms with Crippen LogP contribution in [0.3, 0.4) is 0 Å². The normalized spacial score (nSPS) is 19.5. The molecule has 15 heavy (non-hydrogen) atoms. The summed E-state index contributed by atoms with van der Waals surface area (Å²) in [6.07, 6.45) is 6.49. The van der Waals surface area contributed by atoms with Gasteiger partial charge in [0.2, 0.25) is 0 Å². The van der Waals surface area contributed by atoms with Gasteiger partial charge < -0.3 is 5.11 Å². The van der Waals surface area contributed by atoms with Crippen LogP contribution in [0.2, 0.25) is 0 Å². The standard InChI is InChI=1S/C12H20OS2/c1-3-5-11(10(2)6-7-13)12-14-8-4-9-15-12/h3,5,10,13H,4,6-9H2,1-2H3/b5-3+/t10-/m1/s1. The van der Waals surface area contributed by atoms with Gasteiger partial charge >= 0.3 is 0 Å². The van der Waals surface area contributed by atoms with Gasteiger partial charge in [-0.2, -0.15) is 0 Å². The highest BCUT2D eigenvalue weighted by atomic mass is 32.2. The molecular weight excluding hydrogens is 224 g/mol. The molecule has 0 saturated carbocycles. The molecule has 1 aliphatic rings. The molecule has 0 bridgehead atoms. The van der Waals surface area contributed by atoms with E-state index in [1.807, 2.05) is 23.5 Å². The summed E-state index contributed by atoms with van der Waals surface area (Å²) in [5.74, 6) is 2.96. The SMILES string of the molecule is C/C=C/C(=C1SCCCS1)[C@H](C)CCO. The molecule has 1 nitrogen and oxygen atoms in total. The zero-order valence-electron chi connectivity index (χ0n) is 9.53. The van der Waals surface area contributed by atoms with Crippen molar-refractivity contribution in [3.63, 3.8) is 0 Å². The summed E-state index contributed by atoms with van der Waals surface area (Å²) in [4.78, 5) is 0. The predicted molar refractivity (Wildman–Crippen MR) is 72.2 cm³/mol. The molecule has 1 rings (SSSR count). The van der Waals surface area contributed by atoms with Crippen molar-refractivity contribution < 1.29 is 5.11 Å². The van der Waals surface area contributed by atoms with Crippen LogP contribution >= 0.6 is 23.5 Å². The van der Waals surface area contributed by atoms with E-state index in [0.29, 0.717) is 5.92 Å². The molecule has 3 heteroatoms. The van der Waals surface area contributed by atoms with Gasteiger partial charge in [0.15, 0.2) is 0 Å². The molecule has 1 atom stereocenters. The van der Waals surface area contributed by atoms with Crippen molar-refractivity contribution in [3.8, 4) is 0 Å². The largest absolute Gasteiger partial charge is 0.396 e. The van der Waals surface area contributed by atoms with Gasteiger partial charge in [-0.25, -0.2) is 0 Å². The summed E-state index contributed by atoms with van der Waals surface area (Å²) in [5.41, 5.74) is 1.42. The molecule has 0 aromatic rings. The topological polar surface area (TPSA) is 20.2 Å². The van der Waals surface area contributed by atoms with E-state index in [9.17, 15) is 0 Å². The molecule has 1 N–H and O–H groups in total. The molecule has 86 valence electrons. The maximum absolute atomic E-state index is 8.99. The van der Waals surface area contributed by atoms with E-state index in [4.69, 9.17) is 5.11 Å². The third-order valence-electron chi connectivity index (χ3n) is 2.43. The van der Waals surface area contributed by atoms with Gasteiger partial charge in [-0.1, -0.05) is 19.1 Å². The van der Waals surface area contributed by atoms with E-state index in [1.165, 1.54) is 27.7 Å². The fraction of sp³-hybridized carbons (Fsp3) is 0.667. The summed E-state index contributed by atoms with van der Waals surface area (Å²) >= 11 is 3.95. The lowest BCUT2D eigenvalue weighted by Crippen LogP contribution is -2.04. The van der Waals surface area contributed by atoms with E-state index in [2.05, 4.69) is 26.0 Å². The Morgan fingerprint density at radius 3 is 2.67 bits per heavy atom. The molecule has 0 aromatic carbocycles. The molecule has 0 aromatic heterocycles. The number of hydrogen-bond acceptors (Lipinski definition) is 3. The van der Waals surface area contributed by atoms with E-state index >= 15 is 0 Å². The smallest absolute Gasteiger partial charge is 0.0436 e. The first-order valence-corrected chi connectivity index (χ1v) is 7.50. The summed E-state index contributed by atoms with van der Waals surface area (Å²) in [7, 11) is 0. The number of hydrogen-bond donors (Lipinski definition) is 1. The maximum Gasteiger partial charge on any atom is 0.0436 e. The van der Waals surface area contributed by atoms with Crippen molar-refractivity contribution in [2.24, 2.45) is 5.92 Å². The van der Waals surface area contributed by atoms with Crippen molar-refractivity contribution >= 4 is 23.5 Å². The molecular formula is C12H20OS2. The Labute approximate surface area is 101 Å². The number of thioether (sulfide) groups is 2. The van der Waals surface area contributed by atoms with Crippen LogP contribution in [0.15, 0.2) is 22.0 Å². The maximum atomic E-state index is 8.99. The quantitative estimate of drug-likeness (QED) is 0.815. The van der Waals surface area contributed by atoms with Crippen molar-refractivity contribution in [1.82, 2.24) is 0 Å². The molecule has 0 unspecified atom stereocenters. The van der Waals surface area contributed by atoms with Gasteiger partial charge in [0.05, 0.1) is 0 Å². The van der Waals surface area contributed by atoms with Gasteiger partial charge in [-0.3, -0.25) is 0 Å². The summed E-state index contributed by atoms with van der Waals surface area (Å²) in [6, 6.07) is 0. The van der Waals surface area contributed by atoms with Crippen LogP contribution < -0.4 is 0 Å². The lowest BCUT2D eigenvalue weighted by molar-refractivity contribution is 0.272. The lowest BCUT2D eigenvalue weighted by Gasteiger charge is -2.20. The monoisotopic (exact) mass is 244 g/mol. The van der Waals surface area contributed by atoms with Crippen LogP contribution in [0.25, 0.3) is 0 Å². The number of allylic oxidation sites excluding steroid dienone is 3. The summed E-state index contributed by atoms with van der Waals surface area (Å²) < 4.78 is 1.47. The fourth-order valence-corrected chi connectivity index (χ4v) is 4.40. The minimum atomic E-state index is 0.283.